The molecule has 3 N–H and O–H groups in total. The van der Waals surface area contributed by atoms with Crippen molar-refractivity contribution in [1.29, 1.82) is 0 Å². The van der Waals surface area contributed by atoms with Crippen molar-refractivity contribution in [2.24, 2.45) is 0 Å². The van der Waals surface area contributed by atoms with Crippen LogP contribution >= 0.6 is 0 Å². The first-order valence-electron chi connectivity index (χ1n) is 13.3. The fraction of sp³-hybridized carbons (Fsp3) is 0.241. The third-order valence-electron chi connectivity index (χ3n) is 7.26. The molecule has 6 rings (SSSR count). The normalized spacial score (nSPS) is 14.3. The molecule has 0 bridgehead atoms. The SMILES string of the molecule is CN1CCC(Nc2n[nH]c3nccc(Cc4ccc(NC(=O)c5ccnn(-c6ccccn6)c5=O)cc4F)c23)CC1. The van der Waals surface area contributed by atoms with Gasteiger partial charge in [-0.3, -0.25) is 14.7 Å². The molecule has 0 atom stereocenters. The first kappa shape index (κ1) is 26.3. The van der Waals surface area contributed by atoms with E-state index in [4.69, 9.17) is 0 Å². The number of nitrogens with one attached hydrogen (secondary N) is 3. The summed E-state index contributed by atoms with van der Waals surface area (Å²) in [6, 6.07) is 13.0. The Kier molecular flexibility index (Phi) is 7.21. The van der Waals surface area contributed by atoms with Crippen LogP contribution in [0.25, 0.3) is 16.9 Å². The van der Waals surface area contributed by atoms with Gasteiger partial charge in [0.1, 0.15) is 11.4 Å². The molecule has 1 amide bonds. The summed E-state index contributed by atoms with van der Waals surface area (Å²) >= 11 is 0. The number of anilines is 2. The van der Waals surface area contributed by atoms with Gasteiger partial charge in [-0.1, -0.05) is 12.1 Å². The van der Waals surface area contributed by atoms with Crippen LogP contribution in [0, 0.1) is 5.82 Å². The number of aromatic nitrogens is 6. The number of carbonyl (C=O) groups excluding carboxylic acids is 1. The Morgan fingerprint density at radius 3 is 2.68 bits per heavy atom. The van der Waals surface area contributed by atoms with Gasteiger partial charge in [0.05, 0.1) is 5.39 Å². The van der Waals surface area contributed by atoms with E-state index in [2.05, 4.69) is 47.8 Å². The molecule has 0 spiro atoms. The van der Waals surface area contributed by atoms with E-state index in [-0.39, 0.29) is 17.1 Å². The van der Waals surface area contributed by atoms with Crippen LogP contribution < -0.4 is 16.2 Å². The van der Waals surface area contributed by atoms with Crippen LogP contribution in [0.4, 0.5) is 15.9 Å². The molecule has 4 aromatic heterocycles. The van der Waals surface area contributed by atoms with Gasteiger partial charge in [-0.2, -0.15) is 14.9 Å². The molecule has 0 aliphatic carbocycles. The number of rotatable bonds is 7. The molecule has 5 aromatic rings. The number of pyridine rings is 2. The lowest BCUT2D eigenvalue weighted by Crippen LogP contribution is -2.36. The lowest BCUT2D eigenvalue weighted by Gasteiger charge is -2.29. The third kappa shape index (κ3) is 5.54. The monoisotopic (exact) mass is 553 g/mol. The minimum atomic E-state index is -0.673. The Balaban J connectivity index is 1.20. The van der Waals surface area contributed by atoms with Crippen LogP contribution in [0.5, 0.6) is 0 Å². The van der Waals surface area contributed by atoms with Crippen molar-refractivity contribution in [3.05, 3.63) is 100.0 Å². The summed E-state index contributed by atoms with van der Waals surface area (Å²) in [6.45, 7) is 2.03. The van der Waals surface area contributed by atoms with Crippen molar-refractivity contribution in [2.45, 2.75) is 25.3 Å². The molecule has 0 saturated carbocycles. The third-order valence-corrected chi connectivity index (χ3v) is 7.26. The van der Waals surface area contributed by atoms with Crippen molar-refractivity contribution in [3.8, 4) is 5.82 Å². The van der Waals surface area contributed by atoms with Gasteiger partial charge in [-0.15, -0.1) is 0 Å². The number of likely N-dealkylation sites (tertiary alicyclic amines) is 1. The number of nitrogens with zero attached hydrogens (tertiary/aromatic N) is 6. The molecule has 12 heteroatoms. The zero-order valence-corrected chi connectivity index (χ0v) is 22.3. The summed E-state index contributed by atoms with van der Waals surface area (Å²) in [7, 11) is 2.12. The first-order chi connectivity index (χ1) is 20.0. The van der Waals surface area contributed by atoms with Crippen molar-refractivity contribution in [1.82, 2.24) is 34.8 Å². The average Bonchev–Trinajstić information content (AvgIpc) is 3.40. The van der Waals surface area contributed by atoms with Gasteiger partial charge in [-0.05, 0) is 80.5 Å². The Morgan fingerprint density at radius 2 is 1.90 bits per heavy atom. The summed E-state index contributed by atoms with van der Waals surface area (Å²) in [5.41, 5.74) is 1.41. The van der Waals surface area contributed by atoms with Gasteiger partial charge in [0, 0.05) is 36.7 Å². The van der Waals surface area contributed by atoms with E-state index in [1.807, 2.05) is 6.07 Å². The second-order valence-corrected chi connectivity index (χ2v) is 10.1. The fourth-order valence-corrected chi connectivity index (χ4v) is 5.01. The van der Waals surface area contributed by atoms with Gasteiger partial charge >= 0.3 is 0 Å². The Bertz CT molecular complexity index is 1760. The lowest BCUT2D eigenvalue weighted by atomic mass is 10.0. The first-order valence-corrected chi connectivity index (χ1v) is 13.3. The summed E-state index contributed by atoms with van der Waals surface area (Å²) in [4.78, 5) is 36.6. The van der Waals surface area contributed by atoms with Gasteiger partial charge in [0.25, 0.3) is 11.5 Å². The average molecular weight is 554 g/mol. The van der Waals surface area contributed by atoms with E-state index < -0.39 is 17.3 Å². The molecule has 1 aliphatic rings. The number of fused-ring (bicyclic) bond motifs is 1. The van der Waals surface area contributed by atoms with Gasteiger partial charge in [-0.25, -0.2) is 14.4 Å². The maximum Gasteiger partial charge on any atom is 0.285 e. The summed E-state index contributed by atoms with van der Waals surface area (Å²) in [5, 5.41) is 18.4. The number of benzene rings is 1. The van der Waals surface area contributed by atoms with Gasteiger partial charge < -0.3 is 15.5 Å². The number of carbonyl (C=O) groups is 1. The molecule has 5 heterocycles. The predicted octanol–water partition coefficient (Wildman–Crippen LogP) is 3.39. The highest BCUT2D eigenvalue weighted by Crippen LogP contribution is 2.28. The molecule has 1 aliphatic heterocycles. The highest BCUT2D eigenvalue weighted by atomic mass is 19.1. The second-order valence-electron chi connectivity index (χ2n) is 10.1. The van der Waals surface area contributed by atoms with Crippen LogP contribution in [0.3, 0.4) is 0 Å². The van der Waals surface area contributed by atoms with Crippen LogP contribution in [0.1, 0.15) is 34.3 Å². The van der Waals surface area contributed by atoms with E-state index >= 15 is 4.39 Å². The van der Waals surface area contributed by atoms with Gasteiger partial charge in [0.2, 0.25) is 0 Å². The minimum Gasteiger partial charge on any atom is -0.365 e. The van der Waals surface area contributed by atoms with E-state index in [0.717, 1.165) is 47.4 Å². The smallest absolute Gasteiger partial charge is 0.285 e. The lowest BCUT2D eigenvalue weighted by molar-refractivity contribution is 0.102. The maximum absolute atomic E-state index is 15.3. The number of hydrogen-bond acceptors (Lipinski definition) is 8. The molecular formula is C29H28FN9O2. The highest BCUT2D eigenvalue weighted by Gasteiger charge is 2.21. The second kappa shape index (κ2) is 11.3. The van der Waals surface area contributed by atoms with Crippen molar-refractivity contribution in [3.63, 3.8) is 0 Å². The Morgan fingerprint density at radius 1 is 1.05 bits per heavy atom. The van der Waals surface area contributed by atoms with E-state index in [9.17, 15) is 9.59 Å². The number of amides is 1. The molecule has 1 fully saturated rings. The molecule has 1 saturated heterocycles. The molecule has 0 radical (unpaired) electrons. The zero-order valence-electron chi connectivity index (χ0n) is 22.3. The van der Waals surface area contributed by atoms with Crippen molar-refractivity contribution in [2.75, 3.05) is 30.8 Å². The fourth-order valence-electron chi connectivity index (χ4n) is 5.01. The van der Waals surface area contributed by atoms with Gasteiger partial charge in [0.15, 0.2) is 17.3 Å². The predicted molar refractivity (Wildman–Crippen MR) is 153 cm³/mol. The summed E-state index contributed by atoms with van der Waals surface area (Å²) in [6.07, 6.45) is 6.87. The quantitative estimate of drug-likeness (QED) is 0.279. The van der Waals surface area contributed by atoms with E-state index in [1.165, 1.54) is 24.5 Å². The molecule has 1 aromatic carbocycles. The number of piperidine rings is 1. The Hall–Kier alpha value is -4.97. The van der Waals surface area contributed by atoms with Crippen LogP contribution in [0.2, 0.25) is 0 Å². The van der Waals surface area contributed by atoms with Crippen molar-refractivity contribution < 1.29 is 9.18 Å². The van der Waals surface area contributed by atoms with Crippen LogP contribution in [-0.4, -0.2) is 66.9 Å². The number of H-pyrrole nitrogens is 1. The van der Waals surface area contributed by atoms with E-state index in [0.29, 0.717) is 23.7 Å². The summed E-state index contributed by atoms with van der Waals surface area (Å²) in [5.74, 6) is -0.152. The maximum atomic E-state index is 15.3. The van der Waals surface area contributed by atoms with E-state index in [1.54, 1.807) is 36.5 Å². The Labute approximate surface area is 234 Å². The minimum absolute atomic E-state index is 0.140. The molecule has 0 unspecified atom stereocenters. The number of aromatic amines is 1. The highest BCUT2D eigenvalue weighted by molar-refractivity contribution is 6.04. The molecule has 11 nitrogen and oxygen atoms in total. The number of hydrogen-bond donors (Lipinski definition) is 3. The topological polar surface area (TPSA) is 134 Å². The number of halogens is 1. The van der Waals surface area contributed by atoms with Crippen LogP contribution in [0.15, 0.2) is 71.9 Å². The zero-order chi connectivity index (χ0) is 28.3. The molecule has 41 heavy (non-hydrogen) atoms. The standard InChI is InChI=1S/C29H28FN9O2/c1-38-14-9-20(10-15-38)34-27-25-19(7-12-32-26(25)36-37-27)16-18-5-6-21(17-23(18)30)35-28(40)22-8-13-33-39(29(22)41)24-4-2-3-11-31-24/h2-8,11-13,17,20H,9-10,14-16H2,1H3,(H,35,40)(H2,32,34,36,37). The van der Waals surface area contributed by atoms with Crippen LogP contribution in [-0.2, 0) is 6.42 Å². The molecule has 208 valence electrons. The summed E-state index contributed by atoms with van der Waals surface area (Å²) < 4.78 is 16.3. The van der Waals surface area contributed by atoms with Crippen molar-refractivity contribution >= 4 is 28.4 Å². The molecular weight excluding hydrogens is 525 g/mol. The largest absolute Gasteiger partial charge is 0.365 e.